The number of carbonyl (C=O) groups excluding carboxylic acids is 1. The van der Waals surface area contributed by atoms with E-state index in [1.165, 1.54) is 18.2 Å². The van der Waals surface area contributed by atoms with E-state index in [-0.39, 0.29) is 41.8 Å². The molecule has 0 saturated carbocycles. The van der Waals surface area contributed by atoms with Crippen LogP contribution in [-0.2, 0) is 6.54 Å². The lowest BCUT2D eigenvalue weighted by Gasteiger charge is -2.10. The molecule has 0 fully saturated rings. The smallest absolute Gasteiger partial charge is 0.270 e. The van der Waals surface area contributed by atoms with Crippen LogP contribution in [0, 0.1) is 17.1 Å². The summed E-state index contributed by atoms with van der Waals surface area (Å²) in [5.74, 6) is -0.853. The summed E-state index contributed by atoms with van der Waals surface area (Å²) >= 11 is 0. The molecule has 0 radical (unpaired) electrons. The summed E-state index contributed by atoms with van der Waals surface area (Å²) in [5.41, 5.74) is 6.60. The van der Waals surface area contributed by atoms with E-state index in [1.807, 2.05) is 6.07 Å². The van der Waals surface area contributed by atoms with E-state index in [0.717, 1.165) is 0 Å². The van der Waals surface area contributed by atoms with Gasteiger partial charge in [-0.15, -0.1) is 0 Å². The summed E-state index contributed by atoms with van der Waals surface area (Å²) in [6.07, 6.45) is 0. The topological polar surface area (TPSA) is 101 Å². The fraction of sp³-hybridized carbons (Fsp3) is 0.188. The summed E-state index contributed by atoms with van der Waals surface area (Å²) in [6, 6.07) is 9.10. The number of pyridine rings is 1. The van der Waals surface area contributed by atoms with Crippen LogP contribution in [0.1, 0.15) is 28.5 Å². The van der Waals surface area contributed by atoms with Crippen LogP contribution >= 0.6 is 0 Å². The average Bonchev–Trinajstić information content (AvgIpc) is 2.52. The minimum Gasteiger partial charge on any atom is -0.477 e. The molecule has 0 spiro atoms. The summed E-state index contributed by atoms with van der Waals surface area (Å²) in [7, 11) is 0. The second kappa shape index (κ2) is 7.22. The highest BCUT2D eigenvalue weighted by molar-refractivity contribution is 5.93. The van der Waals surface area contributed by atoms with Crippen molar-refractivity contribution >= 4 is 11.6 Å². The van der Waals surface area contributed by atoms with Gasteiger partial charge in [0.1, 0.15) is 23.1 Å². The van der Waals surface area contributed by atoms with Crippen LogP contribution in [-0.4, -0.2) is 17.5 Å². The Balaban J connectivity index is 2.17. The lowest BCUT2D eigenvalue weighted by molar-refractivity contribution is 0.0944. The zero-order valence-electron chi connectivity index (χ0n) is 12.5. The van der Waals surface area contributed by atoms with E-state index in [1.54, 1.807) is 19.1 Å². The highest BCUT2D eigenvalue weighted by atomic mass is 19.1. The lowest BCUT2D eigenvalue weighted by atomic mass is 10.2. The molecule has 7 heteroatoms. The van der Waals surface area contributed by atoms with Crippen LogP contribution in [0.4, 0.5) is 10.1 Å². The zero-order valence-corrected chi connectivity index (χ0v) is 12.5. The molecular weight excluding hydrogens is 299 g/mol. The molecule has 6 nitrogen and oxygen atoms in total. The minimum atomic E-state index is -0.494. The Bertz CT molecular complexity index is 771. The largest absolute Gasteiger partial charge is 0.477 e. The first-order valence-corrected chi connectivity index (χ1v) is 6.91. The van der Waals surface area contributed by atoms with E-state index in [0.29, 0.717) is 5.56 Å². The summed E-state index contributed by atoms with van der Waals surface area (Å²) in [5, 5.41) is 11.7. The number of nitrogens with two attached hydrogens (primary N) is 1. The number of nitrogens with one attached hydrogen (secondary N) is 1. The van der Waals surface area contributed by atoms with Crippen molar-refractivity contribution in [2.75, 3.05) is 12.3 Å². The molecule has 0 aliphatic carbocycles. The van der Waals surface area contributed by atoms with Gasteiger partial charge >= 0.3 is 0 Å². The fourth-order valence-corrected chi connectivity index (χ4v) is 1.93. The second-order valence-electron chi connectivity index (χ2n) is 4.63. The number of aromatic nitrogens is 1. The second-order valence-corrected chi connectivity index (χ2v) is 4.63. The number of amides is 1. The lowest BCUT2D eigenvalue weighted by Crippen LogP contribution is -2.24. The van der Waals surface area contributed by atoms with E-state index >= 15 is 0 Å². The number of hydrogen-bond donors (Lipinski definition) is 2. The van der Waals surface area contributed by atoms with Gasteiger partial charge in [0.25, 0.3) is 5.91 Å². The van der Waals surface area contributed by atoms with Gasteiger partial charge in [0.2, 0.25) is 5.88 Å². The van der Waals surface area contributed by atoms with E-state index in [9.17, 15) is 9.18 Å². The average molecular weight is 314 g/mol. The molecule has 1 aromatic heterocycles. The Morgan fingerprint density at radius 3 is 2.91 bits per heavy atom. The third-order valence-corrected chi connectivity index (χ3v) is 2.98. The minimum absolute atomic E-state index is 0.0194. The molecule has 0 saturated heterocycles. The van der Waals surface area contributed by atoms with E-state index in [2.05, 4.69) is 10.3 Å². The molecule has 2 aromatic rings. The van der Waals surface area contributed by atoms with Crippen molar-refractivity contribution in [1.29, 1.82) is 5.26 Å². The van der Waals surface area contributed by atoms with Crippen LogP contribution in [0.25, 0.3) is 0 Å². The maximum Gasteiger partial charge on any atom is 0.270 e. The Morgan fingerprint density at radius 1 is 1.48 bits per heavy atom. The monoisotopic (exact) mass is 314 g/mol. The van der Waals surface area contributed by atoms with Gasteiger partial charge in [-0.1, -0.05) is 12.1 Å². The van der Waals surface area contributed by atoms with Crippen molar-refractivity contribution in [2.45, 2.75) is 13.5 Å². The number of halogens is 1. The van der Waals surface area contributed by atoms with Crippen LogP contribution in [0.2, 0.25) is 0 Å². The highest BCUT2D eigenvalue weighted by Gasteiger charge is 2.16. The van der Waals surface area contributed by atoms with Gasteiger partial charge in [-0.2, -0.15) is 5.26 Å². The predicted octanol–water partition coefficient (Wildman–Crippen LogP) is 2.00. The number of nitriles is 1. The normalized spacial score (nSPS) is 9.96. The molecule has 118 valence electrons. The Morgan fingerprint density at radius 2 is 2.26 bits per heavy atom. The number of nitrogens with zero attached hydrogens (tertiary/aromatic N) is 2. The van der Waals surface area contributed by atoms with Crippen molar-refractivity contribution in [1.82, 2.24) is 10.3 Å². The maximum absolute atomic E-state index is 13.1. The van der Waals surface area contributed by atoms with Gasteiger partial charge in [-0.05, 0) is 30.7 Å². The molecule has 0 aliphatic rings. The predicted molar refractivity (Wildman–Crippen MR) is 82.1 cm³/mol. The molecule has 0 aliphatic heterocycles. The number of rotatable bonds is 5. The third-order valence-electron chi connectivity index (χ3n) is 2.98. The van der Waals surface area contributed by atoms with Gasteiger partial charge in [0.15, 0.2) is 0 Å². The number of anilines is 1. The number of nitrogen functional groups attached to an aromatic ring is 1. The first-order valence-electron chi connectivity index (χ1n) is 6.91. The van der Waals surface area contributed by atoms with Gasteiger partial charge in [0, 0.05) is 6.54 Å². The molecule has 23 heavy (non-hydrogen) atoms. The Labute approximate surface area is 132 Å². The third kappa shape index (κ3) is 3.95. The molecular formula is C16H15FN4O2. The number of benzene rings is 1. The summed E-state index contributed by atoms with van der Waals surface area (Å²) in [4.78, 5) is 16.2. The molecule has 2 rings (SSSR count). The van der Waals surface area contributed by atoms with Crippen molar-refractivity contribution < 1.29 is 13.9 Å². The van der Waals surface area contributed by atoms with Gasteiger partial charge in [-0.25, -0.2) is 9.37 Å². The summed E-state index contributed by atoms with van der Waals surface area (Å²) in [6.45, 7) is 2.16. The Kier molecular flexibility index (Phi) is 5.10. The quantitative estimate of drug-likeness (QED) is 0.879. The van der Waals surface area contributed by atoms with Crippen molar-refractivity contribution in [3.8, 4) is 11.9 Å². The highest BCUT2D eigenvalue weighted by Crippen LogP contribution is 2.22. The zero-order chi connectivity index (χ0) is 16.8. The number of ether oxygens (including phenoxy) is 1. The molecule has 1 amide bonds. The molecule has 0 atom stereocenters. The van der Waals surface area contributed by atoms with Crippen molar-refractivity contribution in [3.05, 3.63) is 53.0 Å². The first-order chi connectivity index (χ1) is 11.0. The van der Waals surface area contributed by atoms with Gasteiger partial charge in [0.05, 0.1) is 12.3 Å². The molecule has 1 aromatic carbocycles. The number of carbonyl (C=O) groups is 1. The molecule has 3 N–H and O–H groups in total. The Hall–Kier alpha value is -3.14. The van der Waals surface area contributed by atoms with E-state index < -0.39 is 5.91 Å². The van der Waals surface area contributed by atoms with Gasteiger partial charge in [-0.3, -0.25) is 4.79 Å². The molecule has 1 heterocycles. The molecule has 0 bridgehead atoms. The maximum atomic E-state index is 13.1. The van der Waals surface area contributed by atoms with Crippen LogP contribution in [0.15, 0.2) is 30.3 Å². The van der Waals surface area contributed by atoms with Crippen LogP contribution in [0.5, 0.6) is 5.88 Å². The van der Waals surface area contributed by atoms with Crippen molar-refractivity contribution in [2.24, 2.45) is 0 Å². The number of hydrogen-bond acceptors (Lipinski definition) is 5. The summed E-state index contributed by atoms with van der Waals surface area (Å²) < 4.78 is 18.3. The first kappa shape index (κ1) is 16.2. The van der Waals surface area contributed by atoms with Crippen LogP contribution < -0.4 is 15.8 Å². The standard InChI is InChI=1S/C16H15FN4O2/c1-2-23-16-12(8-18)13(19)7-14(21-16)15(22)20-9-10-4-3-5-11(17)6-10/h3-7H,2,9H2,1H3,(H2,19,21)(H,20,22). The fourth-order valence-electron chi connectivity index (χ4n) is 1.93. The van der Waals surface area contributed by atoms with E-state index in [4.69, 9.17) is 15.7 Å². The van der Waals surface area contributed by atoms with Crippen LogP contribution in [0.3, 0.4) is 0 Å². The SMILES string of the molecule is CCOc1nc(C(=O)NCc2cccc(F)c2)cc(N)c1C#N. The van der Waals surface area contributed by atoms with Gasteiger partial charge < -0.3 is 15.8 Å². The molecule has 0 unspecified atom stereocenters. The van der Waals surface area contributed by atoms with Crippen molar-refractivity contribution in [3.63, 3.8) is 0 Å².